The molecule has 0 saturated carbocycles. The standard InChI is InChI=1S/C12H18BrN3/c1-16(8-2-3-12(14)15)9-10-4-6-11(13)7-5-10/h4-7H,2-3,8-9H2,1H3,(H3,14,15). The van der Waals surface area contributed by atoms with Crippen LogP contribution in [-0.4, -0.2) is 24.3 Å². The fourth-order valence-corrected chi connectivity index (χ4v) is 1.78. The predicted molar refractivity (Wildman–Crippen MR) is 71.6 cm³/mol. The zero-order valence-corrected chi connectivity index (χ0v) is 11.1. The summed E-state index contributed by atoms with van der Waals surface area (Å²) in [6.07, 6.45) is 1.63. The highest BCUT2D eigenvalue weighted by molar-refractivity contribution is 9.10. The molecule has 0 amide bonds. The Bertz CT molecular complexity index is 335. The van der Waals surface area contributed by atoms with Gasteiger partial charge in [0.05, 0.1) is 5.84 Å². The number of halogens is 1. The van der Waals surface area contributed by atoms with Crippen LogP contribution in [0.3, 0.4) is 0 Å². The Morgan fingerprint density at radius 1 is 1.38 bits per heavy atom. The van der Waals surface area contributed by atoms with Gasteiger partial charge in [0.25, 0.3) is 0 Å². The molecule has 0 aliphatic heterocycles. The maximum absolute atomic E-state index is 7.14. The molecule has 4 heteroatoms. The number of nitrogens with two attached hydrogens (primary N) is 1. The van der Waals surface area contributed by atoms with Crippen molar-refractivity contribution < 1.29 is 0 Å². The van der Waals surface area contributed by atoms with E-state index in [1.807, 2.05) is 0 Å². The zero-order chi connectivity index (χ0) is 12.0. The van der Waals surface area contributed by atoms with E-state index in [0.717, 1.165) is 24.0 Å². The van der Waals surface area contributed by atoms with Crippen LogP contribution < -0.4 is 5.73 Å². The van der Waals surface area contributed by atoms with E-state index in [0.29, 0.717) is 6.42 Å². The van der Waals surface area contributed by atoms with Gasteiger partial charge in [-0.05, 0) is 37.7 Å². The van der Waals surface area contributed by atoms with Crippen LogP contribution in [0.4, 0.5) is 0 Å². The summed E-state index contributed by atoms with van der Waals surface area (Å²) in [4.78, 5) is 2.24. The Morgan fingerprint density at radius 3 is 2.56 bits per heavy atom. The van der Waals surface area contributed by atoms with Crippen LogP contribution in [0.5, 0.6) is 0 Å². The van der Waals surface area contributed by atoms with Gasteiger partial charge < -0.3 is 10.6 Å². The monoisotopic (exact) mass is 283 g/mol. The number of amidine groups is 1. The van der Waals surface area contributed by atoms with Crippen LogP contribution in [-0.2, 0) is 6.54 Å². The maximum Gasteiger partial charge on any atom is 0.0905 e. The molecule has 1 aromatic rings. The van der Waals surface area contributed by atoms with Crippen molar-refractivity contribution >= 4 is 21.8 Å². The molecule has 3 N–H and O–H groups in total. The van der Waals surface area contributed by atoms with Crippen LogP contribution in [0, 0.1) is 5.41 Å². The lowest BCUT2D eigenvalue weighted by atomic mass is 10.2. The summed E-state index contributed by atoms with van der Waals surface area (Å²) in [5.74, 6) is 0.275. The van der Waals surface area contributed by atoms with Gasteiger partial charge in [-0.3, -0.25) is 5.41 Å². The van der Waals surface area contributed by atoms with E-state index in [4.69, 9.17) is 11.1 Å². The molecule has 88 valence electrons. The molecule has 0 spiro atoms. The molecule has 0 unspecified atom stereocenters. The lowest BCUT2D eigenvalue weighted by Crippen LogP contribution is -2.20. The molecule has 0 heterocycles. The zero-order valence-electron chi connectivity index (χ0n) is 9.54. The summed E-state index contributed by atoms with van der Waals surface area (Å²) in [5.41, 5.74) is 6.61. The second-order valence-electron chi connectivity index (χ2n) is 3.99. The van der Waals surface area contributed by atoms with E-state index in [1.54, 1.807) is 0 Å². The fraction of sp³-hybridized carbons (Fsp3) is 0.417. The maximum atomic E-state index is 7.14. The molecule has 0 atom stereocenters. The minimum Gasteiger partial charge on any atom is -0.388 e. The molecule has 0 fully saturated rings. The summed E-state index contributed by atoms with van der Waals surface area (Å²) in [6, 6.07) is 8.34. The number of rotatable bonds is 6. The Labute approximate surface area is 105 Å². The molecule has 0 aliphatic rings. The van der Waals surface area contributed by atoms with E-state index in [1.165, 1.54) is 5.56 Å². The first-order chi connectivity index (χ1) is 7.58. The molecule has 0 radical (unpaired) electrons. The highest BCUT2D eigenvalue weighted by Crippen LogP contribution is 2.11. The van der Waals surface area contributed by atoms with E-state index in [-0.39, 0.29) is 5.84 Å². The van der Waals surface area contributed by atoms with Gasteiger partial charge in [0.2, 0.25) is 0 Å². The third-order valence-corrected chi connectivity index (χ3v) is 2.88. The molecule has 0 aliphatic carbocycles. The van der Waals surface area contributed by atoms with Crippen LogP contribution in [0.2, 0.25) is 0 Å². The first-order valence-corrected chi connectivity index (χ1v) is 6.13. The number of nitrogens with zero attached hydrogens (tertiary/aromatic N) is 1. The lowest BCUT2D eigenvalue weighted by Gasteiger charge is -2.16. The molecule has 1 aromatic carbocycles. The smallest absolute Gasteiger partial charge is 0.0905 e. The van der Waals surface area contributed by atoms with E-state index >= 15 is 0 Å². The molecule has 0 saturated heterocycles. The van der Waals surface area contributed by atoms with Crippen molar-refractivity contribution in [2.24, 2.45) is 5.73 Å². The van der Waals surface area contributed by atoms with Crippen molar-refractivity contribution in [3.63, 3.8) is 0 Å². The highest BCUT2D eigenvalue weighted by Gasteiger charge is 2.00. The quantitative estimate of drug-likeness (QED) is 0.623. The van der Waals surface area contributed by atoms with Crippen LogP contribution >= 0.6 is 15.9 Å². The Hall–Kier alpha value is -0.870. The topological polar surface area (TPSA) is 53.1 Å². The molecule has 1 rings (SSSR count). The van der Waals surface area contributed by atoms with Gasteiger partial charge in [-0.25, -0.2) is 0 Å². The molecule has 16 heavy (non-hydrogen) atoms. The summed E-state index contributed by atoms with van der Waals surface area (Å²) in [6.45, 7) is 1.90. The summed E-state index contributed by atoms with van der Waals surface area (Å²) in [5, 5.41) is 7.14. The lowest BCUT2D eigenvalue weighted by molar-refractivity contribution is 0.324. The van der Waals surface area contributed by atoms with Crippen LogP contribution in [0.1, 0.15) is 18.4 Å². The number of hydrogen-bond donors (Lipinski definition) is 2. The number of hydrogen-bond acceptors (Lipinski definition) is 2. The van der Waals surface area contributed by atoms with Crippen molar-refractivity contribution in [3.05, 3.63) is 34.3 Å². The average Bonchev–Trinajstić information content (AvgIpc) is 2.21. The third kappa shape index (κ3) is 5.28. The van der Waals surface area contributed by atoms with E-state index in [9.17, 15) is 0 Å². The van der Waals surface area contributed by atoms with Crippen molar-refractivity contribution in [2.75, 3.05) is 13.6 Å². The molecule has 0 aromatic heterocycles. The minimum atomic E-state index is 0.275. The van der Waals surface area contributed by atoms with Gasteiger partial charge >= 0.3 is 0 Å². The van der Waals surface area contributed by atoms with Crippen molar-refractivity contribution in [1.29, 1.82) is 5.41 Å². The SMILES string of the molecule is CN(CCCC(=N)N)Cc1ccc(Br)cc1. The normalized spacial score (nSPS) is 10.7. The van der Waals surface area contributed by atoms with Gasteiger partial charge in [0.15, 0.2) is 0 Å². The van der Waals surface area contributed by atoms with Crippen molar-refractivity contribution in [1.82, 2.24) is 4.90 Å². The Balaban J connectivity index is 2.31. The summed E-state index contributed by atoms with van der Waals surface area (Å²) in [7, 11) is 2.09. The minimum absolute atomic E-state index is 0.275. The van der Waals surface area contributed by atoms with Gasteiger partial charge in [-0.1, -0.05) is 28.1 Å². The predicted octanol–water partition coefficient (Wildman–Crippen LogP) is 2.60. The highest BCUT2D eigenvalue weighted by atomic mass is 79.9. The first kappa shape index (κ1) is 13.2. The second-order valence-corrected chi connectivity index (χ2v) is 4.91. The Kier molecular flexibility index (Phi) is 5.49. The van der Waals surface area contributed by atoms with Gasteiger partial charge in [0, 0.05) is 17.4 Å². The second kappa shape index (κ2) is 6.66. The van der Waals surface area contributed by atoms with Crippen LogP contribution in [0.15, 0.2) is 28.7 Å². The van der Waals surface area contributed by atoms with Gasteiger partial charge in [-0.2, -0.15) is 0 Å². The third-order valence-electron chi connectivity index (χ3n) is 2.35. The van der Waals surface area contributed by atoms with Gasteiger partial charge in [-0.15, -0.1) is 0 Å². The van der Waals surface area contributed by atoms with Crippen molar-refractivity contribution in [2.45, 2.75) is 19.4 Å². The number of benzene rings is 1. The van der Waals surface area contributed by atoms with Crippen molar-refractivity contribution in [3.8, 4) is 0 Å². The average molecular weight is 284 g/mol. The summed E-state index contributed by atoms with van der Waals surface area (Å²) >= 11 is 3.42. The van der Waals surface area contributed by atoms with E-state index in [2.05, 4.69) is 52.1 Å². The van der Waals surface area contributed by atoms with E-state index < -0.39 is 0 Å². The largest absolute Gasteiger partial charge is 0.388 e. The van der Waals surface area contributed by atoms with Gasteiger partial charge in [0.1, 0.15) is 0 Å². The molecule has 0 bridgehead atoms. The first-order valence-electron chi connectivity index (χ1n) is 5.34. The van der Waals surface area contributed by atoms with Crippen LogP contribution in [0.25, 0.3) is 0 Å². The molecular formula is C12H18BrN3. The molecular weight excluding hydrogens is 266 g/mol. The molecule has 3 nitrogen and oxygen atoms in total. The fourth-order valence-electron chi connectivity index (χ4n) is 1.52. The number of nitrogens with one attached hydrogen (secondary N) is 1. The Morgan fingerprint density at radius 2 is 2.00 bits per heavy atom. The summed E-state index contributed by atoms with van der Waals surface area (Å²) < 4.78 is 1.11.